The molecule has 0 aromatic heterocycles. The highest BCUT2D eigenvalue weighted by molar-refractivity contribution is 7.47. The summed E-state index contributed by atoms with van der Waals surface area (Å²) in [7, 11) is -9.78. The molecule has 0 bridgehead atoms. The molecule has 16 nitrogen and oxygen atoms in total. The molecule has 4 N–H and O–H groups in total. The van der Waals surface area contributed by atoms with Gasteiger partial charge in [0, 0.05) is 19.3 Å². The average molecular weight is 1330 g/mol. The Balaban J connectivity index is 4.56. The number of unbranched alkanes of at least 4 members (excludes halogenated alkanes) is 31. The van der Waals surface area contributed by atoms with E-state index in [-0.39, 0.29) is 19.3 Å². The second-order valence-corrected chi connectivity index (χ2v) is 26.9. The zero-order chi connectivity index (χ0) is 66.7. The molecule has 0 rings (SSSR count). The Hall–Kier alpha value is -3.27. The fraction of sp³-hybridized carbons (Fsp3) is 0.767. The van der Waals surface area contributed by atoms with E-state index in [0.29, 0.717) is 19.3 Å². The van der Waals surface area contributed by atoms with E-state index in [0.717, 1.165) is 141 Å². The molecule has 0 amide bonds. The predicted molar refractivity (Wildman–Crippen MR) is 371 cm³/mol. The third kappa shape index (κ3) is 67.9. The lowest BCUT2D eigenvalue weighted by atomic mass is 10.1. The summed E-state index contributed by atoms with van der Waals surface area (Å²) in [6.07, 6.45) is 72.0. The fourth-order valence-corrected chi connectivity index (χ4v) is 11.2. The number of phosphoric ester groups is 2. The molecule has 91 heavy (non-hydrogen) atoms. The molecule has 5 atom stereocenters. The molecule has 0 aliphatic carbocycles. The second kappa shape index (κ2) is 66.7. The van der Waals surface area contributed by atoms with Crippen LogP contribution in [0.25, 0.3) is 0 Å². The normalized spacial score (nSPS) is 14.7. The van der Waals surface area contributed by atoms with Crippen molar-refractivity contribution in [2.75, 3.05) is 39.6 Å². The van der Waals surface area contributed by atoms with Crippen LogP contribution in [0, 0.1) is 0 Å². The van der Waals surface area contributed by atoms with E-state index in [1.165, 1.54) is 103 Å². The van der Waals surface area contributed by atoms with E-state index in [2.05, 4.69) is 106 Å². The monoisotopic (exact) mass is 1320 g/mol. The zero-order valence-corrected chi connectivity index (χ0v) is 59.0. The van der Waals surface area contributed by atoms with Crippen LogP contribution >= 0.6 is 15.6 Å². The number of aliphatic hydroxyl groups is 2. The van der Waals surface area contributed by atoms with Gasteiger partial charge in [-0.1, -0.05) is 254 Å². The number of esters is 3. The van der Waals surface area contributed by atoms with Crippen LogP contribution in [-0.2, 0) is 55.8 Å². The minimum Gasteiger partial charge on any atom is -0.463 e. The van der Waals surface area contributed by atoms with Crippen molar-refractivity contribution >= 4 is 33.6 Å². The quantitative estimate of drug-likeness (QED) is 0.0146. The summed E-state index contributed by atoms with van der Waals surface area (Å²) in [6, 6.07) is 0. The van der Waals surface area contributed by atoms with Crippen LogP contribution in [0.3, 0.4) is 0 Å². The maximum atomic E-state index is 12.9. The van der Waals surface area contributed by atoms with Crippen molar-refractivity contribution in [2.45, 2.75) is 322 Å². The minimum absolute atomic E-state index is 0.0951. The maximum absolute atomic E-state index is 12.9. The summed E-state index contributed by atoms with van der Waals surface area (Å²) in [5.41, 5.74) is 0. The van der Waals surface area contributed by atoms with Crippen LogP contribution < -0.4 is 0 Å². The van der Waals surface area contributed by atoms with E-state index in [1.807, 2.05) is 0 Å². The van der Waals surface area contributed by atoms with E-state index in [9.17, 15) is 43.5 Å². The first-order valence-electron chi connectivity index (χ1n) is 35.9. The molecule has 0 radical (unpaired) electrons. The number of hydrogen-bond acceptors (Lipinski definition) is 14. The molecule has 18 heteroatoms. The van der Waals surface area contributed by atoms with Gasteiger partial charge in [-0.3, -0.25) is 32.5 Å². The van der Waals surface area contributed by atoms with Crippen molar-refractivity contribution in [2.24, 2.45) is 0 Å². The van der Waals surface area contributed by atoms with Crippen LogP contribution in [0.15, 0.2) is 85.1 Å². The first-order valence-corrected chi connectivity index (χ1v) is 38.9. The van der Waals surface area contributed by atoms with E-state index < -0.39 is 91.5 Å². The lowest BCUT2D eigenvalue weighted by molar-refractivity contribution is -0.161. The molecule has 528 valence electrons. The molecule has 0 aliphatic heterocycles. The Morgan fingerprint density at radius 1 is 0.319 bits per heavy atom. The fourth-order valence-electron chi connectivity index (χ4n) is 9.59. The number of allylic oxidation sites excluding steroid dienone is 14. The molecular weight excluding hydrogens is 1190 g/mol. The topological polar surface area (TPSA) is 231 Å². The summed E-state index contributed by atoms with van der Waals surface area (Å²) in [5.74, 6) is -1.59. The lowest BCUT2D eigenvalue weighted by Gasteiger charge is -2.21. The van der Waals surface area contributed by atoms with Crippen molar-refractivity contribution in [3.8, 4) is 0 Å². The highest BCUT2D eigenvalue weighted by Gasteiger charge is 2.29. The summed E-state index contributed by atoms with van der Waals surface area (Å²) < 4.78 is 60.9. The molecular formula is C73H130O16P2. The summed E-state index contributed by atoms with van der Waals surface area (Å²) in [4.78, 5) is 58.4. The first kappa shape index (κ1) is 87.7. The first-order chi connectivity index (χ1) is 44.2. The van der Waals surface area contributed by atoms with Crippen LogP contribution in [0.5, 0.6) is 0 Å². The Kier molecular flexibility index (Phi) is 64.3. The Bertz CT molecular complexity index is 2000. The molecule has 0 heterocycles. The van der Waals surface area contributed by atoms with Crippen LogP contribution in [0.1, 0.15) is 303 Å². The van der Waals surface area contributed by atoms with Gasteiger partial charge in [0.05, 0.1) is 26.4 Å². The molecule has 0 aromatic carbocycles. The standard InChI is InChI=1S/C73H130O16P2/c1-4-7-10-13-16-19-22-25-28-29-30-31-32-33-34-35-36-37-40-42-44-47-50-53-56-59-71(76)83-62-68(74)63-85-90(79,80)86-64-69(75)65-87-91(81,82)88-67-70(89-73(78)61-58-55-52-49-46-43-39-27-24-21-18-15-12-9-6-3)66-84-72(77)60-57-54-51-48-45-41-38-26-23-20-17-14-11-8-5-2/h7,10,16,19,25-28,30-31,33-34,38-39,68-70,74-75H,4-6,8-9,11-15,17-18,20-24,29,32,35-37,40-67H2,1-3H3,(H,79,80)(H,81,82)/b10-7-,19-16-,28-25-,31-30-,34-33-,38-26-,39-27-. The molecule has 0 saturated carbocycles. The van der Waals surface area contributed by atoms with Crippen LogP contribution in [0.4, 0.5) is 0 Å². The highest BCUT2D eigenvalue weighted by atomic mass is 31.2. The summed E-state index contributed by atoms with van der Waals surface area (Å²) in [5, 5.41) is 20.6. The lowest BCUT2D eigenvalue weighted by Crippen LogP contribution is -2.30. The summed E-state index contributed by atoms with van der Waals surface area (Å²) >= 11 is 0. The number of aliphatic hydroxyl groups excluding tert-OH is 2. The Labute approximate surface area is 553 Å². The number of phosphoric acid groups is 2. The van der Waals surface area contributed by atoms with Gasteiger partial charge in [0.1, 0.15) is 25.4 Å². The molecule has 0 fully saturated rings. The molecule has 0 spiro atoms. The smallest absolute Gasteiger partial charge is 0.463 e. The van der Waals surface area contributed by atoms with Crippen molar-refractivity contribution in [1.82, 2.24) is 0 Å². The predicted octanol–water partition coefficient (Wildman–Crippen LogP) is 20.1. The van der Waals surface area contributed by atoms with E-state index in [1.54, 1.807) is 0 Å². The molecule has 5 unspecified atom stereocenters. The Morgan fingerprint density at radius 2 is 0.582 bits per heavy atom. The van der Waals surface area contributed by atoms with Gasteiger partial charge in [-0.05, 0) is 116 Å². The van der Waals surface area contributed by atoms with Gasteiger partial charge < -0.3 is 34.2 Å². The van der Waals surface area contributed by atoms with Gasteiger partial charge >= 0.3 is 33.6 Å². The van der Waals surface area contributed by atoms with E-state index in [4.69, 9.17) is 32.3 Å². The average Bonchev–Trinajstić information content (AvgIpc) is 3.08. The van der Waals surface area contributed by atoms with Gasteiger partial charge in [0.15, 0.2) is 6.10 Å². The van der Waals surface area contributed by atoms with Gasteiger partial charge in [0.2, 0.25) is 0 Å². The van der Waals surface area contributed by atoms with Gasteiger partial charge in [-0.25, -0.2) is 9.13 Å². The van der Waals surface area contributed by atoms with Crippen LogP contribution in [-0.4, -0.2) is 95.9 Å². The number of ether oxygens (including phenoxy) is 3. The third-order valence-electron chi connectivity index (χ3n) is 15.1. The number of carbonyl (C=O) groups is 3. The van der Waals surface area contributed by atoms with Gasteiger partial charge in [-0.2, -0.15) is 0 Å². The number of carbonyl (C=O) groups excluding carboxylic acids is 3. The summed E-state index contributed by atoms with van der Waals surface area (Å²) in [6.45, 7) is 2.55. The molecule has 0 aromatic rings. The molecule has 0 saturated heterocycles. The van der Waals surface area contributed by atoms with Crippen molar-refractivity contribution in [1.29, 1.82) is 0 Å². The molecule has 0 aliphatic rings. The van der Waals surface area contributed by atoms with E-state index >= 15 is 0 Å². The van der Waals surface area contributed by atoms with Crippen LogP contribution in [0.2, 0.25) is 0 Å². The van der Waals surface area contributed by atoms with Crippen molar-refractivity contribution in [3.05, 3.63) is 85.1 Å². The zero-order valence-electron chi connectivity index (χ0n) is 57.3. The third-order valence-corrected chi connectivity index (χ3v) is 17.0. The maximum Gasteiger partial charge on any atom is 0.472 e. The minimum atomic E-state index is -4.92. The number of rotatable bonds is 68. The van der Waals surface area contributed by atoms with Gasteiger partial charge in [-0.15, -0.1) is 0 Å². The number of hydrogen-bond donors (Lipinski definition) is 4. The van der Waals surface area contributed by atoms with Gasteiger partial charge in [0.25, 0.3) is 0 Å². The second-order valence-electron chi connectivity index (χ2n) is 24.0. The van der Waals surface area contributed by atoms with Crippen molar-refractivity contribution in [3.63, 3.8) is 0 Å². The Morgan fingerprint density at radius 3 is 0.934 bits per heavy atom. The SMILES string of the molecule is CC/C=C\C/C=C\C/C=C\C/C=C\C/C=C\CCCCCCCCCCCC(=O)OCC(O)COP(=O)(O)OCC(O)COP(=O)(O)OCC(COC(=O)CCCCCCC/C=C\CCCCCCCC)OC(=O)CCCCCCC/C=C\CCCCCCCC. The largest absolute Gasteiger partial charge is 0.472 e. The van der Waals surface area contributed by atoms with Crippen molar-refractivity contribution < 1.29 is 75.8 Å². The highest BCUT2D eigenvalue weighted by Crippen LogP contribution is 2.45.